The predicted molar refractivity (Wildman–Crippen MR) is 103 cm³/mol. The van der Waals surface area contributed by atoms with E-state index in [1.807, 2.05) is 0 Å². The van der Waals surface area contributed by atoms with E-state index < -0.39 is 34.2 Å². The maximum Gasteiger partial charge on any atom is 0.321 e. The average Bonchev–Trinajstić information content (AvgIpc) is 3.14. The maximum atomic E-state index is 12.2. The Morgan fingerprint density at radius 2 is 1.79 bits per heavy atom. The number of urea groups is 1. The molecule has 0 aliphatic heterocycles. The lowest BCUT2D eigenvalue weighted by Gasteiger charge is -2.17. The van der Waals surface area contributed by atoms with Crippen molar-refractivity contribution in [3.05, 3.63) is 34.4 Å². The Balaban J connectivity index is 1.78. The molecule has 1 saturated carbocycles. The van der Waals surface area contributed by atoms with Gasteiger partial charge in [0, 0.05) is 23.1 Å². The van der Waals surface area contributed by atoms with Crippen LogP contribution in [0.1, 0.15) is 39.5 Å². The summed E-state index contributed by atoms with van der Waals surface area (Å²) < 4.78 is 5.12. The monoisotopic (exact) mass is 409 g/mol. The highest BCUT2D eigenvalue weighted by Gasteiger charge is 2.25. The van der Waals surface area contributed by atoms with E-state index in [1.165, 1.54) is 31.2 Å². The van der Waals surface area contributed by atoms with Crippen LogP contribution in [0.3, 0.4) is 0 Å². The number of nitro groups is 1. The summed E-state index contributed by atoms with van der Waals surface area (Å²) in [6.45, 7) is 2.99. The highest BCUT2D eigenvalue weighted by molar-refractivity contribution is 8.00. The molecule has 1 aliphatic rings. The number of ether oxygens (including phenoxy) is 1. The third kappa shape index (κ3) is 6.52. The number of nitro benzene ring substituents is 1. The van der Waals surface area contributed by atoms with Gasteiger partial charge in [-0.05, 0) is 38.8 Å². The molecule has 10 heteroatoms. The minimum absolute atomic E-state index is 0.0410. The second kappa shape index (κ2) is 10.1. The van der Waals surface area contributed by atoms with Gasteiger partial charge in [0.05, 0.1) is 4.92 Å². The first-order valence-electron chi connectivity index (χ1n) is 8.99. The number of benzene rings is 1. The maximum absolute atomic E-state index is 12.2. The largest absolute Gasteiger partial charge is 0.452 e. The van der Waals surface area contributed by atoms with Crippen molar-refractivity contribution in [2.45, 2.75) is 61.8 Å². The van der Waals surface area contributed by atoms with E-state index in [9.17, 15) is 24.5 Å². The number of rotatable bonds is 7. The van der Waals surface area contributed by atoms with Crippen LogP contribution in [-0.4, -0.2) is 40.2 Å². The molecule has 28 heavy (non-hydrogen) atoms. The normalized spacial score (nSPS) is 16.1. The fourth-order valence-corrected chi connectivity index (χ4v) is 3.58. The molecule has 1 aliphatic carbocycles. The minimum Gasteiger partial charge on any atom is -0.452 e. The van der Waals surface area contributed by atoms with E-state index >= 15 is 0 Å². The lowest BCUT2D eigenvalue weighted by Crippen LogP contribution is -2.47. The number of imide groups is 1. The molecule has 2 rings (SSSR count). The highest BCUT2D eigenvalue weighted by atomic mass is 32.2. The molecule has 0 radical (unpaired) electrons. The molecule has 2 N–H and O–H groups in total. The van der Waals surface area contributed by atoms with E-state index in [0.29, 0.717) is 4.90 Å². The van der Waals surface area contributed by atoms with Crippen molar-refractivity contribution in [2.24, 2.45) is 0 Å². The van der Waals surface area contributed by atoms with Gasteiger partial charge in [-0.3, -0.25) is 25.0 Å². The molecule has 1 fully saturated rings. The smallest absolute Gasteiger partial charge is 0.321 e. The molecule has 0 aromatic heterocycles. The number of esters is 1. The first kappa shape index (κ1) is 21.7. The molecule has 152 valence electrons. The van der Waals surface area contributed by atoms with Gasteiger partial charge in [0.25, 0.3) is 11.6 Å². The molecule has 0 saturated heterocycles. The van der Waals surface area contributed by atoms with Crippen LogP contribution in [0.25, 0.3) is 0 Å². The van der Waals surface area contributed by atoms with Crippen LogP contribution in [0.5, 0.6) is 0 Å². The number of hydrogen-bond acceptors (Lipinski definition) is 7. The number of thioether (sulfide) groups is 1. The van der Waals surface area contributed by atoms with Gasteiger partial charge < -0.3 is 10.1 Å². The van der Waals surface area contributed by atoms with Gasteiger partial charge in [-0.25, -0.2) is 4.79 Å². The third-order valence-electron chi connectivity index (χ3n) is 4.28. The average molecular weight is 409 g/mol. The summed E-state index contributed by atoms with van der Waals surface area (Å²) in [6, 6.07) is 5.25. The van der Waals surface area contributed by atoms with Crippen LogP contribution in [-0.2, 0) is 14.3 Å². The quantitative estimate of drug-likeness (QED) is 0.307. The van der Waals surface area contributed by atoms with Crippen LogP contribution in [0.4, 0.5) is 10.5 Å². The molecular formula is C18H23N3O6S. The van der Waals surface area contributed by atoms with Gasteiger partial charge in [-0.1, -0.05) is 12.8 Å². The summed E-state index contributed by atoms with van der Waals surface area (Å²) in [4.78, 5) is 46.8. The molecule has 0 bridgehead atoms. The number of nitrogens with one attached hydrogen (secondary N) is 2. The SMILES string of the molecule is C[C@H](OC(=O)[C@H](C)Sc1ccc([N+](=O)[O-])cc1)C(=O)NC(=O)NC1CCCC1. The Labute approximate surface area is 166 Å². The lowest BCUT2D eigenvalue weighted by atomic mass is 10.2. The van der Waals surface area contributed by atoms with E-state index in [2.05, 4.69) is 10.6 Å². The Kier molecular flexibility index (Phi) is 7.80. The molecule has 0 heterocycles. The summed E-state index contributed by atoms with van der Waals surface area (Å²) in [5.74, 6) is -1.32. The minimum atomic E-state index is -1.12. The second-order valence-electron chi connectivity index (χ2n) is 6.53. The topological polar surface area (TPSA) is 128 Å². The molecule has 3 amide bonds. The number of amides is 3. The summed E-state index contributed by atoms with van der Waals surface area (Å²) in [5, 5.41) is 14.9. The van der Waals surface area contributed by atoms with Crippen molar-refractivity contribution < 1.29 is 24.0 Å². The van der Waals surface area contributed by atoms with Gasteiger partial charge in [0.1, 0.15) is 5.25 Å². The summed E-state index contributed by atoms with van der Waals surface area (Å²) >= 11 is 1.15. The van der Waals surface area contributed by atoms with Crippen molar-refractivity contribution in [2.75, 3.05) is 0 Å². The van der Waals surface area contributed by atoms with Gasteiger partial charge in [0.2, 0.25) is 0 Å². The summed E-state index contributed by atoms with van der Waals surface area (Å²) in [5.41, 5.74) is -0.0410. The van der Waals surface area contributed by atoms with Crippen LogP contribution in [0, 0.1) is 10.1 Å². The standard InChI is InChI=1S/C18H23N3O6S/c1-11(16(22)20-18(24)19-13-5-3-4-6-13)27-17(23)12(2)28-15-9-7-14(8-10-15)21(25)26/h7-13H,3-6H2,1-2H3,(H2,19,20,22,24)/t11-,12-/m0/s1. The summed E-state index contributed by atoms with van der Waals surface area (Å²) in [6.07, 6.45) is 2.77. The first-order chi connectivity index (χ1) is 13.3. The van der Waals surface area contributed by atoms with Crippen LogP contribution in [0.15, 0.2) is 29.2 Å². The Morgan fingerprint density at radius 1 is 1.18 bits per heavy atom. The van der Waals surface area contributed by atoms with E-state index in [4.69, 9.17) is 4.74 Å². The molecule has 2 atom stereocenters. The fourth-order valence-electron chi connectivity index (χ4n) is 2.73. The number of hydrogen-bond donors (Lipinski definition) is 2. The van der Waals surface area contributed by atoms with Gasteiger partial charge in [-0.15, -0.1) is 11.8 Å². The molecular weight excluding hydrogens is 386 g/mol. The van der Waals surface area contributed by atoms with Gasteiger partial charge in [0.15, 0.2) is 6.10 Å². The Morgan fingerprint density at radius 3 is 2.36 bits per heavy atom. The van der Waals surface area contributed by atoms with E-state index in [-0.39, 0.29) is 11.7 Å². The number of carbonyl (C=O) groups excluding carboxylic acids is 3. The lowest BCUT2D eigenvalue weighted by molar-refractivity contribution is -0.384. The fraction of sp³-hybridized carbons (Fsp3) is 0.500. The second-order valence-corrected chi connectivity index (χ2v) is 7.95. The third-order valence-corrected chi connectivity index (χ3v) is 5.37. The molecule has 1 aromatic carbocycles. The predicted octanol–water partition coefficient (Wildman–Crippen LogP) is 2.78. The van der Waals surface area contributed by atoms with E-state index in [1.54, 1.807) is 6.92 Å². The number of nitrogens with zero attached hydrogens (tertiary/aromatic N) is 1. The number of non-ortho nitro benzene ring substituents is 1. The summed E-state index contributed by atoms with van der Waals surface area (Å²) in [7, 11) is 0. The van der Waals surface area contributed by atoms with E-state index in [0.717, 1.165) is 37.4 Å². The van der Waals surface area contributed by atoms with Crippen molar-refractivity contribution >= 4 is 35.4 Å². The van der Waals surface area contributed by atoms with Crippen molar-refractivity contribution in [1.82, 2.24) is 10.6 Å². The van der Waals surface area contributed by atoms with Crippen LogP contribution >= 0.6 is 11.8 Å². The Hall–Kier alpha value is -2.62. The van der Waals surface area contributed by atoms with Crippen molar-refractivity contribution in [3.63, 3.8) is 0 Å². The van der Waals surface area contributed by atoms with Crippen molar-refractivity contribution in [3.8, 4) is 0 Å². The zero-order valence-corrected chi connectivity index (χ0v) is 16.5. The van der Waals surface area contributed by atoms with Crippen LogP contribution in [0.2, 0.25) is 0 Å². The van der Waals surface area contributed by atoms with Crippen molar-refractivity contribution in [1.29, 1.82) is 0 Å². The first-order valence-corrected chi connectivity index (χ1v) is 9.87. The zero-order valence-electron chi connectivity index (χ0n) is 15.7. The van der Waals surface area contributed by atoms with Gasteiger partial charge >= 0.3 is 12.0 Å². The zero-order chi connectivity index (χ0) is 20.7. The molecule has 9 nitrogen and oxygen atoms in total. The molecule has 1 aromatic rings. The van der Waals surface area contributed by atoms with Gasteiger partial charge in [-0.2, -0.15) is 0 Å². The number of carbonyl (C=O) groups is 3. The molecule has 0 spiro atoms. The molecule has 0 unspecified atom stereocenters. The highest BCUT2D eigenvalue weighted by Crippen LogP contribution is 2.26. The van der Waals surface area contributed by atoms with Crippen LogP contribution < -0.4 is 10.6 Å². The Bertz CT molecular complexity index is 733.